The topological polar surface area (TPSA) is 69.4 Å². The minimum atomic E-state index is -1.06. The summed E-state index contributed by atoms with van der Waals surface area (Å²) in [6.07, 6.45) is 1.28. The highest BCUT2D eigenvalue weighted by atomic mass is 16.5. The molecule has 1 aliphatic rings. The van der Waals surface area contributed by atoms with Crippen molar-refractivity contribution in [3.63, 3.8) is 0 Å². The summed E-state index contributed by atoms with van der Waals surface area (Å²) in [6, 6.07) is 0. The highest BCUT2D eigenvalue weighted by Crippen LogP contribution is 2.66. The zero-order chi connectivity index (χ0) is 11.0. The fraction of sp³-hybridized carbons (Fsp3) is 0.800. The second-order valence-electron chi connectivity index (χ2n) is 4.08. The van der Waals surface area contributed by atoms with Crippen molar-refractivity contribution in [1.82, 2.24) is 0 Å². The molecule has 1 saturated carbocycles. The van der Waals surface area contributed by atoms with Crippen LogP contribution < -0.4 is 5.73 Å². The van der Waals surface area contributed by atoms with Gasteiger partial charge in [-0.15, -0.1) is 0 Å². The number of amides is 1. The van der Waals surface area contributed by atoms with Crippen LogP contribution in [-0.4, -0.2) is 18.5 Å². The third-order valence-corrected chi connectivity index (χ3v) is 3.39. The molecule has 1 fully saturated rings. The van der Waals surface area contributed by atoms with E-state index in [1.165, 1.54) is 0 Å². The van der Waals surface area contributed by atoms with Gasteiger partial charge < -0.3 is 10.5 Å². The summed E-state index contributed by atoms with van der Waals surface area (Å²) in [7, 11) is 0. The maximum Gasteiger partial charge on any atom is 0.322 e. The van der Waals surface area contributed by atoms with Gasteiger partial charge in [0.1, 0.15) is 0 Å². The van der Waals surface area contributed by atoms with E-state index in [1.807, 2.05) is 13.8 Å². The maximum atomic E-state index is 11.6. The third kappa shape index (κ3) is 1.21. The van der Waals surface area contributed by atoms with Crippen LogP contribution in [0.1, 0.15) is 33.6 Å². The van der Waals surface area contributed by atoms with Gasteiger partial charge in [-0.1, -0.05) is 13.8 Å². The van der Waals surface area contributed by atoms with E-state index in [0.717, 1.165) is 6.42 Å². The first-order chi connectivity index (χ1) is 6.44. The van der Waals surface area contributed by atoms with Crippen LogP contribution in [0.4, 0.5) is 0 Å². The van der Waals surface area contributed by atoms with Crippen LogP contribution >= 0.6 is 0 Å². The zero-order valence-corrected chi connectivity index (χ0v) is 8.92. The lowest BCUT2D eigenvalue weighted by Crippen LogP contribution is -2.37. The normalized spacial score (nSPS) is 35.1. The Bertz CT molecular complexity index is 277. The molecule has 1 amide bonds. The monoisotopic (exact) mass is 199 g/mol. The van der Waals surface area contributed by atoms with Gasteiger partial charge in [-0.2, -0.15) is 0 Å². The van der Waals surface area contributed by atoms with Gasteiger partial charge in [0.05, 0.1) is 6.61 Å². The molecule has 0 radical (unpaired) electrons. The zero-order valence-electron chi connectivity index (χ0n) is 8.92. The number of nitrogens with two attached hydrogens (primary N) is 1. The molecule has 0 spiro atoms. The lowest BCUT2D eigenvalue weighted by atomic mass is 9.91. The van der Waals surface area contributed by atoms with E-state index in [0.29, 0.717) is 6.42 Å². The molecule has 2 atom stereocenters. The average Bonchev–Trinajstić information content (AvgIpc) is 2.75. The van der Waals surface area contributed by atoms with Gasteiger partial charge in [0.25, 0.3) is 0 Å². The second kappa shape index (κ2) is 3.26. The Morgan fingerprint density at radius 2 is 2.00 bits per heavy atom. The molecule has 0 aromatic rings. The summed E-state index contributed by atoms with van der Waals surface area (Å²) in [5.41, 5.74) is 3.92. The third-order valence-electron chi connectivity index (χ3n) is 3.39. The largest absolute Gasteiger partial charge is 0.465 e. The highest BCUT2D eigenvalue weighted by Gasteiger charge is 2.73. The molecular formula is C10H17NO3. The van der Waals surface area contributed by atoms with E-state index in [2.05, 4.69) is 0 Å². The summed E-state index contributed by atoms with van der Waals surface area (Å²) in [5.74, 6) is -1.02. The summed E-state index contributed by atoms with van der Waals surface area (Å²) in [5, 5.41) is 0. The molecule has 0 aromatic carbocycles. The van der Waals surface area contributed by atoms with E-state index in [-0.39, 0.29) is 12.0 Å². The lowest BCUT2D eigenvalue weighted by molar-refractivity contribution is -0.155. The van der Waals surface area contributed by atoms with Crippen molar-refractivity contribution < 1.29 is 14.3 Å². The average molecular weight is 199 g/mol. The van der Waals surface area contributed by atoms with Gasteiger partial charge in [0.15, 0.2) is 5.41 Å². The van der Waals surface area contributed by atoms with Gasteiger partial charge in [-0.3, -0.25) is 9.59 Å². The first-order valence-electron chi connectivity index (χ1n) is 4.91. The van der Waals surface area contributed by atoms with Crippen molar-refractivity contribution in [2.45, 2.75) is 33.6 Å². The maximum absolute atomic E-state index is 11.6. The number of rotatable bonds is 4. The van der Waals surface area contributed by atoms with Crippen LogP contribution in [-0.2, 0) is 14.3 Å². The van der Waals surface area contributed by atoms with Crippen LogP contribution in [0.5, 0.6) is 0 Å². The first kappa shape index (κ1) is 11.0. The second-order valence-corrected chi connectivity index (χ2v) is 4.08. The van der Waals surface area contributed by atoms with E-state index >= 15 is 0 Å². The molecule has 1 aliphatic carbocycles. The quantitative estimate of drug-likeness (QED) is 0.539. The van der Waals surface area contributed by atoms with E-state index in [1.54, 1.807) is 6.92 Å². The van der Waals surface area contributed by atoms with Crippen LogP contribution in [0.15, 0.2) is 0 Å². The minimum absolute atomic E-state index is 0.285. The summed E-state index contributed by atoms with van der Waals surface area (Å²) in [4.78, 5) is 22.9. The molecule has 2 N–H and O–H groups in total. The summed E-state index contributed by atoms with van der Waals surface area (Å²) >= 11 is 0. The number of carbonyl (C=O) groups excluding carboxylic acids is 2. The van der Waals surface area contributed by atoms with Crippen LogP contribution in [0.3, 0.4) is 0 Å². The van der Waals surface area contributed by atoms with E-state index in [4.69, 9.17) is 10.5 Å². The Morgan fingerprint density at radius 1 is 1.43 bits per heavy atom. The van der Waals surface area contributed by atoms with Crippen molar-refractivity contribution >= 4 is 11.9 Å². The van der Waals surface area contributed by atoms with Gasteiger partial charge in [0.2, 0.25) is 5.91 Å². The smallest absolute Gasteiger partial charge is 0.322 e. The molecule has 14 heavy (non-hydrogen) atoms. The first-order valence-corrected chi connectivity index (χ1v) is 4.91. The fourth-order valence-corrected chi connectivity index (χ4v) is 2.03. The molecular weight excluding hydrogens is 182 g/mol. The molecule has 0 aliphatic heterocycles. The van der Waals surface area contributed by atoms with Crippen molar-refractivity contribution in [2.75, 3.05) is 6.61 Å². The van der Waals surface area contributed by atoms with Crippen molar-refractivity contribution in [2.24, 2.45) is 16.6 Å². The van der Waals surface area contributed by atoms with E-state index in [9.17, 15) is 9.59 Å². The predicted molar refractivity (Wildman–Crippen MR) is 51.3 cm³/mol. The number of primary amides is 1. The molecule has 4 nitrogen and oxygen atoms in total. The molecule has 0 unspecified atom stereocenters. The van der Waals surface area contributed by atoms with Crippen molar-refractivity contribution in [3.8, 4) is 0 Å². The Hall–Kier alpha value is -1.06. The van der Waals surface area contributed by atoms with Gasteiger partial charge in [-0.05, 0) is 25.2 Å². The lowest BCUT2D eigenvalue weighted by Gasteiger charge is -2.16. The Labute approximate surface area is 83.8 Å². The number of hydrogen-bond acceptors (Lipinski definition) is 3. The number of esters is 1. The van der Waals surface area contributed by atoms with Gasteiger partial charge >= 0.3 is 5.97 Å². The van der Waals surface area contributed by atoms with Crippen molar-refractivity contribution in [1.29, 1.82) is 0 Å². The molecule has 0 saturated heterocycles. The Balaban J connectivity index is 2.89. The molecule has 1 rings (SSSR count). The van der Waals surface area contributed by atoms with Gasteiger partial charge in [0, 0.05) is 0 Å². The van der Waals surface area contributed by atoms with Crippen LogP contribution in [0, 0.1) is 10.8 Å². The molecule has 80 valence electrons. The summed E-state index contributed by atoms with van der Waals surface area (Å²) in [6.45, 7) is 5.85. The Morgan fingerprint density at radius 3 is 2.29 bits per heavy atom. The Kier molecular flexibility index (Phi) is 2.56. The molecule has 4 heteroatoms. The number of carbonyl (C=O) groups is 2. The predicted octanol–water partition coefficient (Wildman–Crippen LogP) is 0.841. The molecule has 0 bridgehead atoms. The summed E-state index contributed by atoms with van der Waals surface area (Å²) < 4.78 is 4.89. The van der Waals surface area contributed by atoms with Gasteiger partial charge in [-0.25, -0.2) is 0 Å². The minimum Gasteiger partial charge on any atom is -0.465 e. The van der Waals surface area contributed by atoms with Crippen molar-refractivity contribution in [3.05, 3.63) is 0 Å². The number of hydrogen-bond donors (Lipinski definition) is 1. The van der Waals surface area contributed by atoms with Crippen LogP contribution in [0.2, 0.25) is 0 Å². The SMILES string of the molecule is CCOC(=O)[C@]1(C(N)=O)C[C@@]1(C)CC. The molecule has 0 aromatic heterocycles. The van der Waals surface area contributed by atoms with Crippen LogP contribution in [0.25, 0.3) is 0 Å². The molecule has 0 heterocycles. The highest BCUT2D eigenvalue weighted by molar-refractivity contribution is 6.06. The standard InChI is InChI=1S/C10H17NO3/c1-4-9(3)6-10(9,7(11)12)8(13)14-5-2/h4-6H2,1-3H3,(H2,11,12)/t9-,10-/m1/s1. The fourth-order valence-electron chi connectivity index (χ4n) is 2.03. The van der Waals surface area contributed by atoms with E-state index < -0.39 is 17.3 Å². The number of ether oxygens (including phenoxy) is 1.